The van der Waals surface area contributed by atoms with Gasteiger partial charge in [0.25, 0.3) is 0 Å². The highest BCUT2D eigenvalue weighted by Crippen LogP contribution is 2.32. The third-order valence-electron chi connectivity index (χ3n) is 4.55. The Labute approximate surface area is 123 Å². The second kappa shape index (κ2) is 5.13. The number of piperazine rings is 1. The molecule has 21 heavy (non-hydrogen) atoms. The van der Waals surface area contributed by atoms with Crippen LogP contribution in [0.4, 0.5) is 0 Å². The van der Waals surface area contributed by atoms with Crippen molar-refractivity contribution in [2.45, 2.75) is 12.5 Å². The zero-order chi connectivity index (χ0) is 15.0. The number of hydrogen-bond donors (Lipinski definition) is 2. The van der Waals surface area contributed by atoms with Crippen molar-refractivity contribution in [2.24, 2.45) is 5.73 Å². The summed E-state index contributed by atoms with van der Waals surface area (Å²) in [4.78, 5) is 24.3. The lowest BCUT2D eigenvalue weighted by Crippen LogP contribution is -2.59. The molecule has 3 N–H and O–H groups in total. The Morgan fingerprint density at radius 2 is 2.05 bits per heavy atom. The highest BCUT2D eigenvalue weighted by molar-refractivity contribution is 5.91. The number of rotatable bonds is 3. The van der Waals surface area contributed by atoms with E-state index in [9.17, 15) is 4.79 Å². The highest BCUT2D eigenvalue weighted by atomic mass is 16.1. The van der Waals surface area contributed by atoms with Gasteiger partial charge < -0.3 is 15.6 Å². The number of hydrogen-bond acceptors (Lipinski definition) is 4. The molecule has 6 nitrogen and oxygen atoms in total. The Bertz CT molecular complexity index is 659. The number of likely N-dealkylation sites (N-methyl/N-ethyl adjacent to an activating group) is 1. The van der Waals surface area contributed by atoms with Gasteiger partial charge in [-0.25, -0.2) is 0 Å². The fraction of sp³-hybridized carbons (Fsp3) is 0.467. The molecule has 112 valence electrons. The third kappa shape index (κ3) is 2.20. The van der Waals surface area contributed by atoms with Gasteiger partial charge in [-0.05, 0) is 26.1 Å². The standard InChI is InChI=1S/C15H21N5O/c1-15(14(16)21,20-9-7-19(2)8-10-20)13-12-11(3-5-17-12)4-6-18-13/h3-6,17H,7-10H2,1-2H3,(H2,16,21). The molecule has 1 unspecified atom stereocenters. The van der Waals surface area contributed by atoms with E-state index in [1.165, 1.54) is 0 Å². The number of nitrogens with one attached hydrogen (secondary N) is 1. The van der Waals surface area contributed by atoms with Gasteiger partial charge in [0.05, 0.1) is 11.2 Å². The molecule has 0 radical (unpaired) electrons. The van der Waals surface area contributed by atoms with Crippen LogP contribution in [-0.2, 0) is 10.3 Å². The molecular weight excluding hydrogens is 266 g/mol. The molecule has 2 aromatic heterocycles. The number of aromatic amines is 1. The minimum Gasteiger partial charge on any atom is -0.368 e. The van der Waals surface area contributed by atoms with Crippen molar-refractivity contribution in [1.29, 1.82) is 0 Å². The maximum atomic E-state index is 12.3. The van der Waals surface area contributed by atoms with Crippen LogP contribution in [0.5, 0.6) is 0 Å². The maximum absolute atomic E-state index is 12.3. The summed E-state index contributed by atoms with van der Waals surface area (Å²) in [7, 11) is 2.09. The average Bonchev–Trinajstić information content (AvgIpc) is 2.95. The topological polar surface area (TPSA) is 78.2 Å². The molecule has 1 amide bonds. The highest BCUT2D eigenvalue weighted by Gasteiger charge is 2.43. The first kappa shape index (κ1) is 14.0. The Balaban J connectivity index is 2.09. The summed E-state index contributed by atoms with van der Waals surface area (Å²) in [6.07, 6.45) is 3.60. The van der Waals surface area contributed by atoms with Crippen molar-refractivity contribution >= 4 is 16.8 Å². The predicted octanol–water partition coefficient (Wildman–Crippen LogP) is 0.511. The second-order valence-electron chi connectivity index (χ2n) is 5.83. The summed E-state index contributed by atoms with van der Waals surface area (Å²) in [5.41, 5.74) is 6.48. The van der Waals surface area contributed by atoms with E-state index in [2.05, 4.69) is 26.8 Å². The van der Waals surface area contributed by atoms with Crippen LogP contribution in [0, 0.1) is 0 Å². The van der Waals surface area contributed by atoms with Crippen molar-refractivity contribution < 1.29 is 4.79 Å². The van der Waals surface area contributed by atoms with Gasteiger partial charge in [0.15, 0.2) is 0 Å². The molecule has 2 aromatic rings. The Morgan fingerprint density at radius 1 is 1.33 bits per heavy atom. The number of H-pyrrole nitrogens is 1. The van der Waals surface area contributed by atoms with Crippen molar-refractivity contribution in [1.82, 2.24) is 19.8 Å². The molecule has 3 rings (SSSR count). The summed E-state index contributed by atoms with van der Waals surface area (Å²) >= 11 is 0. The van der Waals surface area contributed by atoms with Crippen molar-refractivity contribution in [2.75, 3.05) is 33.2 Å². The van der Waals surface area contributed by atoms with E-state index in [1.807, 2.05) is 25.3 Å². The average molecular weight is 287 g/mol. The van der Waals surface area contributed by atoms with Crippen LogP contribution in [0.15, 0.2) is 24.5 Å². The van der Waals surface area contributed by atoms with Crippen LogP contribution in [0.2, 0.25) is 0 Å². The number of aromatic nitrogens is 2. The van der Waals surface area contributed by atoms with Crippen molar-refractivity contribution in [3.63, 3.8) is 0 Å². The molecule has 1 aliphatic heterocycles. The lowest BCUT2D eigenvalue weighted by Gasteiger charge is -2.42. The molecule has 0 aliphatic carbocycles. The molecule has 0 spiro atoms. The molecule has 1 aliphatic rings. The lowest BCUT2D eigenvalue weighted by molar-refractivity contribution is -0.131. The molecule has 0 bridgehead atoms. The summed E-state index contributed by atoms with van der Waals surface area (Å²) in [5.74, 6) is -0.360. The molecule has 3 heterocycles. The largest absolute Gasteiger partial charge is 0.368 e. The number of primary amides is 1. The quantitative estimate of drug-likeness (QED) is 0.862. The van der Waals surface area contributed by atoms with Gasteiger partial charge in [0.2, 0.25) is 5.91 Å². The van der Waals surface area contributed by atoms with E-state index < -0.39 is 5.54 Å². The minimum atomic E-state index is -0.897. The number of nitrogens with two attached hydrogens (primary N) is 1. The van der Waals surface area contributed by atoms with Gasteiger partial charge >= 0.3 is 0 Å². The number of fused-ring (bicyclic) bond motifs is 1. The zero-order valence-corrected chi connectivity index (χ0v) is 12.5. The van der Waals surface area contributed by atoms with Crippen LogP contribution in [0.25, 0.3) is 10.9 Å². The number of carbonyl (C=O) groups excluding carboxylic acids is 1. The number of carbonyl (C=O) groups is 1. The van der Waals surface area contributed by atoms with E-state index in [0.29, 0.717) is 5.69 Å². The van der Waals surface area contributed by atoms with Gasteiger partial charge in [-0.1, -0.05) is 0 Å². The molecule has 1 atom stereocenters. The second-order valence-corrected chi connectivity index (χ2v) is 5.83. The van der Waals surface area contributed by atoms with Crippen molar-refractivity contribution in [3.05, 3.63) is 30.2 Å². The van der Waals surface area contributed by atoms with Crippen molar-refractivity contribution in [3.8, 4) is 0 Å². The number of pyridine rings is 1. The summed E-state index contributed by atoms with van der Waals surface area (Å²) in [6.45, 7) is 5.32. The third-order valence-corrected chi connectivity index (χ3v) is 4.55. The first-order valence-electron chi connectivity index (χ1n) is 7.19. The summed E-state index contributed by atoms with van der Waals surface area (Å²) < 4.78 is 0. The van der Waals surface area contributed by atoms with Crippen LogP contribution >= 0.6 is 0 Å². The number of amides is 1. The molecular formula is C15H21N5O. The fourth-order valence-electron chi connectivity index (χ4n) is 3.03. The SMILES string of the molecule is CN1CCN(C(C)(C(N)=O)c2nccc3cc[nH]c23)CC1. The Hall–Kier alpha value is -1.92. The van der Waals surface area contributed by atoms with E-state index in [1.54, 1.807) is 6.20 Å². The first-order chi connectivity index (χ1) is 10.0. The van der Waals surface area contributed by atoms with E-state index in [-0.39, 0.29) is 5.91 Å². The molecule has 1 fully saturated rings. The Morgan fingerprint density at radius 3 is 2.71 bits per heavy atom. The van der Waals surface area contributed by atoms with Gasteiger partial charge in [0.1, 0.15) is 5.54 Å². The number of nitrogens with zero attached hydrogens (tertiary/aromatic N) is 3. The fourth-order valence-corrected chi connectivity index (χ4v) is 3.03. The van der Waals surface area contributed by atoms with Gasteiger partial charge in [-0.3, -0.25) is 14.7 Å². The predicted molar refractivity (Wildman–Crippen MR) is 81.7 cm³/mol. The Kier molecular flexibility index (Phi) is 3.43. The molecule has 0 saturated carbocycles. The zero-order valence-electron chi connectivity index (χ0n) is 12.5. The smallest absolute Gasteiger partial charge is 0.243 e. The van der Waals surface area contributed by atoms with Crippen LogP contribution < -0.4 is 5.73 Å². The van der Waals surface area contributed by atoms with Gasteiger partial charge in [0, 0.05) is 44.0 Å². The van der Waals surface area contributed by atoms with Crippen LogP contribution in [0.1, 0.15) is 12.6 Å². The summed E-state index contributed by atoms with van der Waals surface area (Å²) in [6, 6.07) is 3.91. The monoisotopic (exact) mass is 287 g/mol. The van der Waals surface area contributed by atoms with Crippen LogP contribution in [-0.4, -0.2) is 58.9 Å². The molecule has 6 heteroatoms. The normalized spacial score (nSPS) is 20.5. The van der Waals surface area contributed by atoms with E-state index in [4.69, 9.17) is 5.73 Å². The molecule has 0 aromatic carbocycles. The molecule has 1 saturated heterocycles. The van der Waals surface area contributed by atoms with Gasteiger partial charge in [-0.2, -0.15) is 0 Å². The van der Waals surface area contributed by atoms with Crippen LogP contribution in [0.3, 0.4) is 0 Å². The summed E-state index contributed by atoms with van der Waals surface area (Å²) in [5, 5.41) is 1.04. The van der Waals surface area contributed by atoms with Gasteiger partial charge in [-0.15, -0.1) is 0 Å². The van der Waals surface area contributed by atoms with E-state index >= 15 is 0 Å². The first-order valence-corrected chi connectivity index (χ1v) is 7.19. The lowest BCUT2D eigenvalue weighted by atomic mass is 9.91. The maximum Gasteiger partial charge on any atom is 0.243 e. The van der Waals surface area contributed by atoms with E-state index in [0.717, 1.165) is 37.1 Å². The minimum absolute atomic E-state index is 0.360.